The van der Waals surface area contributed by atoms with Gasteiger partial charge >= 0.3 is 0 Å². The van der Waals surface area contributed by atoms with E-state index in [9.17, 15) is 0 Å². The van der Waals surface area contributed by atoms with E-state index >= 15 is 0 Å². The van der Waals surface area contributed by atoms with Gasteiger partial charge in [-0.15, -0.1) is 0 Å². The number of allylic oxidation sites excluding steroid dienone is 1. The molecule has 0 fully saturated rings. The van der Waals surface area contributed by atoms with Gasteiger partial charge in [0.25, 0.3) is 0 Å². The molecule has 0 radical (unpaired) electrons. The van der Waals surface area contributed by atoms with Crippen molar-refractivity contribution in [3.63, 3.8) is 0 Å². The quantitative estimate of drug-likeness (QED) is 0.476. The SMILES string of the molecule is CC(C)(C)[Si](C)(C)OCCC(CC/C=C\CO)c1ccccc1. The highest BCUT2D eigenvalue weighted by atomic mass is 28.4. The summed E-state index contributed by atoms with van der Waals surface area (Å²) in [4.78, 5) is 0. The Hall–Kier alpha value is -0.903. The van der Waals surface area contributed by atoms with Gasteiger partial charge in [0.2, 0.25) is 0 Å². The second-order valence-electron chi connectivity index (χ2n) is 7.74. The van der Waals surface area contributed by atoms with Gasteiger partial charge in [0.05, 0.1) is 6.61 Å². The third-order valence-corrected chi connectivity index (χ3v) is 9.50. The molecule has 0 saturated heterocycles. The molecule has 1 rings (SSSR count). The Morgan fingerprint density at radius 1 is 1.09 bits per heavy atom. The van der Waals surface area contributed by atoms with Crippen molar-refractivity contribution >= 4 is 8.32 Å². The molecule has 0 saturated carbocycles. The van der Waals surface area contributed by atoms with Gasteiger partial charge in [0, 0.05) is 6.61 Å². The smallest absolute Gasteiger partial charge is 0.191 e. The molecule has 0 aliphatic heterocycles. The maximum absolute atomic E-state index is 8.85. The molecular weight excluding hydrogens is 300 g/mol. The zero-order valence-electron chi connectivity index (χ0n) is 15.5. The van der Waals surface area contributed by atoms with Crippen LogP contribution >= 0.6 is 0 Å². The van der Waals surface area contributed by atoms with Gasteiger partial charge in [0.1, 0.15) is 0 Å². The van der Waals surface area contributed by atoms with Crippen molar-refractivity contribution in [3.8, 4) is 0 Å². The summed E-state index contributed by atoms with van der Waals surface area (Å²) >= 11 is 0. The minimum atomic E-state index is -1.66. The normalized spacial score (nSPS) is 14.3. The summed E-state index contributed by atoms with van der Waals surface area (Å²) < 4.78 is 6.35. The highest BCUT2D eigenvalue weighted by molar-refractivity contribution is 6.74. The number of hydrogen-bond acceptors (Lipinski definition) is 2. The molecule has 0 aromatic heterocycles. The van der Waals surface area contributed by atoms with Crippen LogP contribution in [0.2, 0.25) is 18.1 Å². The molecular formula is C20H34O2Si. The number of aliphatic hydroxyl groups is 1. The van der Waals surface area contributed by atoms with E-state index in [1.807, 2.05) is 6.08 Å². The second-order valence-corrected chi connectivity index (χ2v) is 12.5. The molecule has 130 valence electrons. The van der Waals surface area contributed by atoms with Crippen LogP contribution in [0.25, 0.3) is 0 Å². The van der Waals surface area contributed by atoms with Crippen LogP contribution in [0.1, 0.15) is 51.5 Å². The Bertz CT molecular complexity index is 460. The zero-order valence-corrected chi connectivity index (χ0v) is 16.5. The minimum absolute atomic E-state index is 0.129. The Balaban J connectivity index is 2.62. The Kier molecular flexibility index (Phi) is 8.24. The number of benzene rings is 1. The van der Waals surface area contributed by atoms with E-state index in [1.54, 1.807) is 0 Å². The third-order valence-electron chi connectivity index (χ3n) is 4.96. The molecule has 0 aliphatic carbocycles. The van der Waals surface area contributed by atoms with Crippen LogP contribution in [0, 0.1) is 0 Å². The third kappa shape index (κ3) is 7.02. The first-order valence-electron chi connectivity index (χ1n) is 8.72. The fourth-order valence-electron chi connectivity index (χ4n) is 2.37. The van der Waals surface area contributed by atoms with Crippen molar-refractivity contribution < 1.29 is 9.53 Å². The summed E-state index contributed by atoms with van der Waals surface area (Å²) in [6.45, 7) is 12.4. The molecule has 1 unspecified atom stereocenters. The molecule has 0 aliphatic rings. The van der Waals surface area contributed by atoms with Crippen LogP contribution in [0.4, 0.5) is 0 Å². The first kappa shape index (κ1) is 20.1. The maximum Gasteiger partial charge on any atom is 0.191 e. The van der Waals surface area contributed by atoms with E-state index < -0.39 is 8.32 Å². The van der Waals surface area contributed by atoms with E-state index in [1.165, 1.54) is 5.56 Å². The van der Waals surface area contributed by atoms with E-state index in [-0.39, 0.29) is 11.6 Å². The monoisotopic (exact) mass is 334 g/mol. The number of rotatable bonds is 9. The van der Waals surface area contributed by atoms with E-state index in [4.69, 9.17) is 9.53 Å². The summed E-state index contributed by atoms with van der Waals surface area (Å²) in [7, 11) is -1.66. The van der Waals surface area contributed by atoms with Gasteiger partial charge in [-0.25, -0.2) is 0 Å². The molecule has 0 amide bonds. The Morgan fingerprint density at radius 3 is 2.30 bits per heavy atom. The molecule has 1 aromatic carbocycles. The molecule has 2 nitrogen and oxygen atoms in total. The molecule has 3 heteroatoms. The Morgan fingerprint density at radius 2 is 1.74 bits per heavy atom. The van der Waals surface area contributed by atoms with E-state index in [0.29, 0.717) is 5.92 Å². The lowest BCUT2D eigenvalue weighted by Gasteiger charge is -2.36. The van der Waals surface area contributed by atoms with Crippen molar-refractivity contribution in [2.45, 2.75) is 64.1 Å². The summed E-state index contributed by atoms with van der Waals surface area (Å²) in [5.74, 6) is 0.518. The first-order valence-corrected chi connectivity index (χ1v) is 11.6. The topological polar surface area (TPSA) is 29.5 Å². The van der Waals surface area contributed by atoms with Crippen LogP contribution in [-0.2, 0) is 4.43 Å². The van der Waals surface area contributed by atoms with Crippen molar-refractivity contribution in [3.05, 3.63) is 48.0 Å². The highest BCUT2D eigenvalue weighted by Gasteiger charge is 2.37. The summed E-state index contributed by atoms with van der Waals surface area (Å²) in [6.07, 6.45) is 7.06. The summed E-state index contributed by atoms with van der Waals surface area (Å²) in [5.41, 5.74) is 1.39. The van der Waals surface area contributed by atoms with Crippen LogP contribution < -0.4 is 0 Å². The Labute approximate surface area is 143 Å². The summed E-state index contributed by atoms with van der Waals surface area (Å²) in [5, 5.41) is 9.12. The van der Waals surface area contributed by atoms with Crippen molar-refractivity contribution in [2.75, 3.05) is 13.2 Å². The van der Waals surface area contributed by atoms with Crippen LogP contribution in [0.5, 0.6) is 0 Å². The largest absolute Gasteiger partial charge is 0.417 e. The van der Waals surface area contributed by atoms with Crippen LogP contribution in [0.3, 0.4) is 0 Å². The molecule has 1 atom stereocenters. The van der Waals surface area contributed by atoms with Crippen molar-refractivity contribution in [1.29, 1.82) is 0 Å². The average Bonchev–Trinajstić information content (AvgIpc) is 2.49. The standard InChI is InChI=1S/C20H34O2Si/c1-20(2,3)23(4,5)22-17-15-19(14-10-7-11-16-21)18-12-8-6-9-13-18/h6-9,11-13,19,21H,10,14-17H2,1-5H3/b11-7-. The molecule has 1 N–H and O–H groups in total. The van der Waals surface area contributed by atoms with Crippen molar-refractivity contribution in [1.82, 2.24) is 0 Å². The number of aliphatic hydroxyl groups excluding tert-OH is 1. The van der Waals surface area contributed by atoms with Gasteiger partial charge in [-0.1, -0.05) is 63.3 Å². The van der Waals surface area contributed by atoms with E-state index in [0.717, 1.165) is 25.9 Å². The highest BCUT2D eigenvalue weighted by Crippen LogP contribution is 2.37. The van der Waals surface area contributed by atoms with Gasteiger partial charge < -0.3 is 9.53 Å². The van der Waals surface area contributed by atoms with Gasteiger partial charge in [0.15, 0.2) is 8.32 Å². The van der Waals surface area contributed by atoms with E-state index in [2.05, 4.69) is 70.3 Å². The zero-order chi connectivity index (χ0) is 17.3. The fraction of sp³-hybridized carbons (Fsp3) is 0.600. The van der Waals surface area contributed by atoms with Gasteiger partial charge in [-0.2, -0.15) is 0 Å². The van der Waals surface area contributed by atoms with Gasteiger partial charge in [-0.05, 0) is 48.9 Å². The first-order chi connectivity index (χ1) is 10.8. The average molecular weight is 335 g/mol. The fourth-order valence-corrected chi connectivity index (χ4v) is 3.43. The number of hydrogen-bond donors (Lipinski definition) is 1. The van der Waals surface area contributed by atoms with Crippen LogP contribution in [-0.4, -0.2) is 26.6 Å². The van der Waals surface area contributed by atoms with Crippen LogP contribution in [0.15, 0.2) is 42.5 Å². The molecule has 23 heavy (non-hydrogen) atoms. The predicted molar refractivity (Wildman–Crippen MR) is 102 cm³/mol. The lowest BCUT2D eigenvalue weighted by molar-refractivity contribution is 0.269. The lowest BCUT2D eigenvalue weighted by atomic mass is 9.91. The predicted octanol–water partition coefficient (Wildman–Crippen LogP) is 5.51. The molecule has 1 aromatic rings. The maximum atomic E-state index is 8.85. The van der Waals surface area contributed by atoms with Gasteiger partial charge in [-0.3, -0.25) is 0 Å². The van der Waals surface area contributed by atoms with Crippen molar-refractivity contribution in [2.24, 2.45) is 0 Å². The molecule has 0 heterocycles. The molecule has 0 spiro atoms. The minimum Gasteiger partial charge on any atom is -0.417 e. The second kappa shape index (κ2) is 9.41. The lowest BCUT2D eigenvalue weighted by Crippen LogP contribution is -2.41. The molecule has 0 bridgehead atoms. The summed E-state index contributed by atoms with van der Waals surface area (Å²) in [6, 6.07) is 10.7.